The topological polar surface area (TPSA) is 81.4 Å². The quantitative estimate of drug-likeness (QED) is 0.910. The molecule has 0 unspecified atom stereocenters. The molecular weight excluding hydrogens is 280 g/mol. The van der Waals surface area contributed by atoms with Crippen molar-refractivity contribution >= 4 is 23.6 Å². The molecule has 0 aromatic heterocycles. The van der Waals surface area contributed by atoms with Gasteiger partial charge in [-0.05, 0) is 24.3 Å². The van der Waals surface area contributed by atoms with Gasteiger partial charge < -0.3 is 15.8 Å². The summed E-state index contributed by atoms with van der Waals surface area (Å²) in [6.07, 6.45) is 1.78. The van der Waals surface area contributed by atoms with Crippen LogP contribution >= 0.6 is 0 Å². The number of ether oxygens (including phenoxy) is 1. The lowest BCUT2D eigenvalue weighted by Gasteiger charge is -2.18. The van der Waals surface area contributed by atoms with E-state index >= 15 is 0 Å². The van der Waals surface area contributed by atoms with Crippen molar-refractivity contribution in [3.8, 4) is 5.75 Å². The average Bonchev–Trinajstić information content (AvgIpc) is 2.54. The molecule has 1 aliphatic heterocycles. The molecule has 2 amide bonds. The lowest BCUT2D eigenvalue weighted by atomic mass is 10.1. The van der Waals surface area contributed by atoms with Gasteiger partial charge in [0.05, 0.1) is 16.8 Å². The molecule has 0 atom stereocenters. The fourth-order valence-electron chi connectivity index (χ4n) is 2.26. The Morgan fingerprint density at radius 3 is 2.59 bits per heavy atom. The molecule has 22 heavy (non-hydrogen) atoms. The van der Waals surface area contributed by atoms with Gasteiger partial charge in [-0.25, -0.2) is 0 Å². The summed E-state index contributed by atoms with van der Waals surface area (Å²) >= 11 is 0. The molecule has 0 aliphatic carbocycles. The molecular formula is C17H14N2O3. The molecule has 2 aromatic carbocycles. The maximum Gasteiger partial charge on any atom is 0.255 e. The molecule has 3 N–H and O–H groups in total. The average molecular weight is 294 g/mol. The molecule has 0 bridgehead atoms. The smallest absolute Gasteiger partial charge is 0.255 e. The predicted octanol–water partition coefficient (Wildman–Crippen LogP) is 2.20. The maximum absolute atomic E-state index is 12.3. The van der Waals surface area contributed by atoms with E-state index in [9.17, 15) is 9.59 Å². The summed E-state index contributed by atoms with van der Waals surface area (Å²) in [5, 5.41) is 2.70. The summed E-state index contributed by atoms with van der Waals surface area (Å²) in [6, 6.07) is 14.1. The number of rotatable bonds is 3. The normalized spacial score (nSPS) is 12.6. The van der Waals surface area contributed by atoms with Crippen LogP contribution in [0, 0.1) is 0 Å². The third kappa shape index (κ3) is 2.69. The number of fused-ring (bicyclic) bond motifs is 1. The molecule has 1 heterocycles. The molecule has 1 aliphatic rings. The first-order valence-corrected chi connectivity index (χ1v) is 6.78. The van der Waals surface area contributed by atoms with Crippen LogP contribution in [0.2, 0.25) is 0 Å². The van der Waals surface area contributed by atoms with Gasteiger partial charge in [-0.2, -0.15) is 0 Å². The van der Waals surface area contributed by atoms with E-state index in [2.05, 4.69) is 5.32 Å². The van der Waals surface area contributed by atoms with Gasteiger partial charge in [0.1, 0.15) is 12.4 Å². The monoisotopic (exact) mass is 294 g/mol. The highest BCUT2D eigenvalue weighted by molar-refractivity contribution is 6.10. The zero-order valence-electron chi connectivity index (χ0n) is 11.7. The molecule has 0 spiro atoms. The van der Waals surface area contributed by atoms with Crippen LogP contribution in [0.15, 0.2) is 54.1 Å². The number of nitrogens with two attached hydrogens (primary N) is 1. The largest absolute Gasteiger partial charge is 0.488 e. The Morgan fingerprint density at radius 1 is 1.05 bits per heavy atom. The zero-order valence-corrected chi connectivity index (χ0v) is 11.7. The fraction of sp³-hybridized carbons (Fsp3) is 0.0588. The van der Waals surface area contributed by atoms with Crippen LogP contribution in [0.3, 0.4) is 0 Å². The summed E-state index contributed by atoms with van der Waals surface area (Å²) < 4.78 is 5.55. The molecule has 2 aromatic rings. The molecule has 0 saturated heterocycles. The first kappa shape index (κ1) is 13.9. The minimum Gasteiger partial charge on any atom is -0.488 e. The summed E-state index contributed by atoms with van der Waals surface area (Å²) in [5.74, 6) is -0.157. The van der Waals surface area contributed by atoms with Crippen molar-refractivity contribution in [2.24, 2.45) is 5.73 Å². The third-order valence-electron chi connectivity index (χ3n) is 3.36. The highest BCUT2D eigenvalue weighted by Gasteiger charge is 2.18. The Balaban J connectivity index is 1.85. The lowest BCUT2D eigenvalue weighted by Crippen LogP contribution is -2.23. The predicted molar refractivity (Wildman–Crippen MR) is 83.5 cm³/mol. The van der Waals surface area contributed by atoms with Crippen LogP contribution in [-0.4, -0.2) is 18.4 Å². The van der Waals surface area contributed by atoms with Gasteiger partial charge in [0, 0.05) is 5.56 Å². The first-order valence-electron chi connectivity index (χ1n) is 6.78. The molecule has 0 saturated carbocycles. The number of amides is 2. The van der Waals surface area contributed by atoms with E-state index in [1.807, 2.05) is 24.3 Å². The SMILES string of the molecule is NC(=O)c1ccccc1NC(=O)C1=Cc2ccccc2OC1. The van der Waals surface area contributed by atoms with Gasteiger partial charge in [-0.15, -0.1) is 0 Å². The fourth-order valence-corrected chi connectivity index (χ4v) is 2.26. The van der Waals surface area contributed by atoms with Crippen LogP contribution in [0.4, 0.5) is 5.69 Å². The highest BCUT2D eigenvalue weighted by atomic mass is 16.5. The van der Waals surface area contributed by atoms with Crippen LogP contribution in [0.5, 0.6) is 5.75 Å². The van der Waals surface area contributed by atoms with E-state index in [0.717, 1.165) is 11.3 Å². The van der Waals surface area contributed by atoms with E-state index in [1.54, 1.807) is 30.3 Å². The number of anilines is 1. The Kier molecular flexibility index (Phi) is 3.62. The minimum atomic E-state index is -0.588. The van der Waals surface area contributed by atoms with E-state index in [1.165, 1.54) is 0 Å². The second-order valence-electron chi connectivity index (χ2n) is 4.86. The van der Waals surface area contributed by atoms with Gasteiger partial charge >= 0.3 is 0 Å². The number of carbonyl (C=O) groups excluding carboxylic acids is 2. The Labute approximate surface area is 127 Å². The number of hydrogen-bond acceptors (Lipinski definition) is 3. The minimum absolute atomic E-state index is 0.182. The molecule has 5 heteroatoms. The Morgan fingerprint density at radius 2 is 1.77 bits per heavy atom. The van der Waals surface area contributed by atoms with Crippen LogP contribution in [-0.2, 0) is 4.79 Å². The zero-order chi connectivity index (χ0) is 15.5. The van der Waals surface area contributed by atoms with Gasteiger partial charge in [-0.1, -0.05) is 30.3 Å². The van der Waals surface area contributed by atoms with E-state index < -0.39 is 5.91 Å². The number of benzene rings is 2. The summed E-state index contributed by atoms with van der Waals surface area (Å²) in [5.41, 5.74) is 7.30. The van der Waals surface area contributed by atoms with Gasteiger partial charge in [0.2, 0.25) is 0 Å². The summed E-state index contributed by atoms with van der Waals surface area (Å²) in [6.45, 7) is 0.182. The second-order valence-corrected chi connectivity index (χ2v) is 4.86. The third-order valence-corrected chi connectivity index (χ3v) is 3.36. The van der Waals surface area contributed by atoms with Crippen molar-refractivity contribution < 1.29 is 14.3 Å². The van der Waals surface area contributed by atoms with Gasteiger partial charge in [0.25, 0.3) is 11.8 Å². The lowest BCUT2D eigenvalue weighted by molar-refractivity contribution is -0.113. The van der Waals surface area contributed by atoms with Gasteiger partial charge in [0.15, 0.2) is 0 Å². The van der Waals surface area contributed by atoms with Gasteiger partial charge in [-0.3, -0.25) is 9.59 Å². The van der Waals surface area contributed by atoms with Crippen LogP contribution in [0.1, 0.15) is 15.9 Å². The molecule has 0 fully saturated rings. The van der Waals surface area contributed by atoms with Crippen molar-refractivity contribution in [2.45, 2.75) is 0 Å². The number of para-hydroxylation sites is 2. The maximum atomic E-state index is 12.3. The van der Waals surface area contributed by atoms with Crippen molar-refractivity contribution in [3.05, 3.63) is 65.2 Å². The number of carbonyl (C=O) groups is 2. The number of primary amides is 1. The molecule has 3 rings (SSSR count). The Hall–Kier alpha value is -3.08. The first-order chi connectivity index (χ1) is 10.6. The van der Waals surface area contributed by atoms with Crippen molar-refractivity contribution in [3.63, 3.8) is 0 Å². The van der Waals surface area contributed by atoms with Crippen molar-refractivity contribution in [1.29, 1.82) is 0 Å². The van der Waals surface area contributed by atoms with Crippen LogP contribution in [0.25, 0.3) is 6.08 Å². The van der Waals surface area contributed by atoms with Crippen molar-refractivity contribution in [2.75, 3.05) is 11.9 Å². The standard InChI is InChI=1S/C17H14N2O3/c18-16(20)13-6-2-3-7-14(13)19-17(21)12-9-11-5-1-4-8-15(11)22-10-12/h1-9H,10H2,(H2,18,20)(H,19,21). The Bertz CT molecular complexity index is 781. The van der Waals surface area contributed by atoms with E-state index in [0.29, 0.717) is 11.3 Å². The summed E-state index contributed by atoms with van der Waals surface area (Å²) in [7, 11) is 0. The molecule has 5 nitrogen and oxygen atoms in total. The van der Waals surface area contributed by atoms with E-state index in [4.69, 9.17) is 10.5 Å². The number of nitrogens with one attached hydrogen (secondary N) is 1. The molecule has 110 valence electrons. The highest BCUT2D eigenvalue weighted by Crippen LogP contribution is 2.26. The van der Waals surface area contributed by atoms with Crippen molar-refractivity contribution in [1.82, 2.24) is 0 Å². The molecule has 0 radical (unpaired) electrons. The second kappa shape index (κ2) is 5.73. The van der Waals surface area contributed by atoms with E-state index in [-0.39, 0.29) is 18.1 Å². The van der Waals surface area contributed by atoms with Crippen LogP contribution < -0.4 is 15.8 Å². The number of hydrogen-bond donors (Lipinski definition) is 2. The summed E-state index contributed by atoms with van der Waals surface area (Å²) in [4.78, 5) is 23.7.